The third-order valence-electron chi connectivity index (χ3n) is 3.30. The van der Waals surface area contributed by atoms with Gasteiger partial charge in [0.15, 0.2) is 0 Å². The third-order valence-corrected chi connectivity index (χ3v) is 3.60. The zero-order valence-corrected chi connectivity index (χ0v) is 11.6. The van der Waals surface area contributed by atoms with E-state index in [1.165, 1.54) is 12.1 Å². The molecule has 0 radical (unpaired) electrons. The van der Waals surface area contributed by atoms with Crippen LogP contribution >= 0.6 is 11.6 Å². The van der Waals surface area contributed by atoms with E-state index in [0.717, 1.165) is 17.0 Å². The maximum Gasteiger partial charge on any atom is 0.338 e. The molecule has 5 nitrogen and oxygen atoms in total. The summed E-state index contributed by atoms with van der Waals surface area (Å²) in [5.74, 6) is -3.83. The SMILES string of the molecule is O=C(O)c1cc(N2C(=O)c3ccccc3C2=O)c(Cl)cc1F. The molecule has 2 aromatic carbocycles. The van der Waals surface area contributed by atoms with Crippen molar-refractivity contribution in [3.8, 4) is 0 Å². The highest BCUT2D eigenvalue weighted by Gasteiger charge is 2.37. The minimum atomic E-state index is -1.52. The maximum absolute atomic E-state index is 13.6. The van der Waals surface area contributed by atoms with E-state index in [1.54, 1.807) is 12.1 Å². The maximum atomic E-state index is 13.6. The lowest BCUT2D eigenvalue weighted by atomic mass is 10.1. The van der Waals surface area contributed by atoms with E-state index in [1.807, 2.05) is 0 Å². The molecule has 0 aliphatic carbocycles. The zero-order chi connectivity index (χ0) is 16.0. The number of carbonyl (C=O) groups is 3. The van der Waals surface area contributed by atoms with Gasteiger partial charge in [0.2, 0.25) is 0 Å². The minimum absolute atomic E-state index is 0.160. The van der Waals surface area contributed by atoms with Crippen molar-refractivity contribution < 1.29 is 23.9 Å². The van der Waals surface area contributed by atoms with Gasteiger partial charge in [0.1, 0.15) is 5.82 Å². The fourth-order valence-electron chi connectivity index (χ4n) is 2.28. The van der Waals surface area contributed by atoms with Crippen LogP contribution < -0.4 is 4.90 Å². The van der Waals surface area contributed by atoms with Gasteiger partial charge in [-0.2, -0.15) is 0 Å². The summed E-state index contributed by atoms with van der Waals surface area (Å²) < 4.78 is 13.6. The van der Waals surface area contributed by atoms with E-state index in [4.69, 9.17) is 16.7 Å². The van der Waals surface area contributed by atoms with Gasteiger partial charge in [-0.25, -0.2) is 14.1 Å². The Morgan fingerprint density at radius 3 is 2.14 bits per heavy atom. The summed E-state index contributed by atoms with van der Waals surface area (Å²) in [6.07, 6.45) is 0. The third kappa shape index (κ3) is 1.96. The number of halogens is 2. The number of rotatable bonds is 2. The molecule has 2 aromatic rings. The molecule has 0 spiro atoms. The van der Waals surface area contributed by atoms with E-state index >= 15 is 0 Å². The summed E-state index contributed by atoms with van der Waals surface area (Å²) in [6, 6.07) is 7.80. The van der Waals surface area contributed by atoms with Gasteiger partial charge in [-0.15, -0.1) is 0 Å². The second-order valence-corrected chi connectivity index (χ2v) is 4.99. The number of amides is 2. The summed E-state index contributed by atoms with van der Waals surface area (Å²) in [5.41, 5.74) is -0.461. The molecule has 110 valence electrons. The predicted octanol–water partition coefficient (Wildman–Crippen LogP) is 2.98. The first-order chi connectivity index (χ1) is 10.4. The fourth-order valence-corrected chi connectivity index (χ4v) is 2.52. The number of nitrogens with zero attached hydrogens (tertiary/aromatic N) is 1. The molecule has 2 amide bonds. The summed E-state index contributed by atoms with van der Waals surface area (Å²) >= 11 is 5.88. The molecule has 1 aliphatic rings. The Kier molecular flexibility index (Phi) is 3.18. The van der Waals surface area contributed by atoms with E-state index in [9.17, 15) is 18.8 Å². The average Bonchev–Trinajstić information content (AvgIpc) is 2.72. The second kappa shape index (κ2) is 4.92. The number of fused-ring (bicyclic) bond motifs is 1. The quantitative estimate of drug-likeness (QED) is 0.863. The molecule has 0 aromatic heterocycles. The predicted molar refractivity (Wildman–Crippen MR) is 76.0 cm³/mol. The van der Waals surface area contributed by atoms with Crippen LogP contribution in [0.5, 0.6) is 0 Å². The standard InChI is InChI=1S/C15H7ClFNO4/c16-10-6-11(17)9(15(21)22)5-12(10)18-13(19)7-3-1-2-4-8(7)14(18)20/h1-6H,(H,21,22). The first kappa shape index (κ1) is 14.2. The molecule has 0 bridgehead atoms. The number of anilines is 1. The highest BCUT2D eigenvalue weighted by molar-refractivity contribution is 6.40. The van der Waals surface area contributed by atoms with Crippen molar-refractivity contribution >= 4 is 35.1 Å². The van der Waals surface area contributed by atoms with Gasteiger partial charge in [-0.05, 0) is 24.3 Å². The van der Waals surface area contributed by atoms with Crippen LogP contribution in [0.3, 0.4) is 0 Å². The van der Waals surface area contributed by atoms with Gasteiger partial charge in [-0.1, -0.05) is 23.7 Å². The van der Waals surface area contributed by atoms with Crippen molar-refractivity contribution in [1.29, 1.82) is 0 Å². The second-order valence-electron chi connectivity index (χ2n) is 4.58. The lowest BCUT2D eigenvalue weighted by Crippen LogP contribution is -2.30. The number of benzene rings is 2. The first-order valence-electron chi connectivity index (χ1n) is 6.12. The molecular formula is C15H7ClFNO4. The lowest BCUT2D eigenvalue weighted by molar-refractivity contribution is 0.0690. The first-order valence-corrected chi connectivity index (χ1v) is 6.49. The van der Waals surface area contributed by atoms with E-state index in [2.05, 4.69) is 0 Å². The molecule has 1 heterocycles. The van der Waals surface area contributed by atoms with Crippen LogP contribution in [0.2, 0.25) is 5.02 Å². The van der Waals surface area contributed by atoms with Gasteiger partial charge >= 0.3 is 5.97 Å². The number of aromatic carboxylic acids is 1. The Hall–Kier alpha value is -2.73. The van der Waals surface area contributed by atoms with Gasteiger partial charge < -0.3 is 5.11 Å². The molecule has 0 fully saturated rings. The topological polar surface area (TPSA) is 74.7 Å². The molecule has 0 saturated heterocycles. The van der Waals surface area contributed by atoms with Gasteiger partial charge in [0, 0.05) is 0 Å². The molecule has 1 aliphatic heterocycles. The summed E-state index contributed by atoms with van der Waals surface area (Å²) in [4.78, 5) is 36.4. The van der Waals surface area contributed by atoms with Crippen molar-refractivity contribution in [3.05, 3.63) is 63.9 Å². The van der Waals surface area contributed by atoms with Crippen molar-refractivity contribution in [2.24, 2.45) is 0 Å². The Morgan fingerprint density at radius 2 is 1.64 bits per heavy atom. The van der Waals surface area contributed by atoms with E-state index < -0.39 is 29.2 Å². The molecule has 0 saturated carbocycles. The van der Waals surface area contributed by atoms with Crippen molar-refractivity contribution in [1.82, 2.24) is 0 Å². The van der Waals surface area contributed by atoms with Crippen molar-refractivity contribution in [2.75, 3.05) is 4.90 Å². The minimum Gasteiger partial charge on any atom is -0.478 e. The van der Waals surface area contributed by atoms with Crippen molar-refractivity contribution in [3.63, 3.8) is 0 Å². The number of carboxylic acids is 1. The Balaban J connectivity index is 2.18. The van der Waals surface area contributed by atoms with Crippen LogP contribution in [0.1, 0.15) is 31.1 Å². The molecular weight excluding hydrogens is 313 g/mol. The smallest absolute Gasteiger partial charge is 0.338 e. The van der Waals surface area contributed by atoms with Gasteiger partial charge in [-0.3, -0.25) is 9.59 Å². The van der Waals surface area contributed by atoms with Gasteiger partial charge in [0.05, 0.1) is 27.4 Å². The highest BCUT2D eigenvalue weighted by Crippen LogP contribution is 2.34. The zero-order valence-electron chi connectivity index (χ0n) is 10.8. The number of carbonyl (C=O) groups excluding carboxylic acids is 2. The molecule has 0 unspecified atom stereocenters. The van der Waals surface area contributed by atoms with Crippen LogP contribution in [0.15, 0.2) is 36.4 Å². The largest absolute Gasteiger partial charge is 0.478 e. The Morgan fingerprint density at radius 1 is 1.09 bits per heavy atom. The number of hydrogen-bond donors (Lipinski definition) is 1. The number of carboxylic acid groups (broad SMARTS) is 1. The summed E-state index contributed by atoms with van der Waals surface area (Å²) in [6.45, 7) is 0. The van der Waals surface area contributed by atoms with Crippen LogP contribution in [0.4, 0.5) is 10.1 Å². The Labute approximate surface area is 128 Å². The normalized spacial score (nSPS) is 13.5. The molecule has 3 rings (SSSR count). The summed E-state index contributed by atoms with van der Waals surface area (Å²) in [7, 11) is 0. The number of imide groups is 1. The number of hydrogen-bond acceptors (Lipinski definition) is 3. The molecule has 1 N–H and O–H groups in total. The van der Waals surface area contributed by atoms with E-state index in [-0.39, 0.29) is 21.8 Å². The fraction of sp³-hybridized carbons (Fsp3) is 0. The summed E-state index contributed by atoms with van der Waals surface area (Å²) in [5, 5.41) is 8.73. The molecule has 7 heteroatoms. The van der Waals surface area contributed by atoms with E-state index in [0.29, 0.717) is 0 Å². The van der Waals surface area contributed by atoms with Crippen LogP contribution in [-0.2, 0) is 0 Å². The molecule has 0 atom stereocenters. The molecule has 22 heavy (non-hydrogen) atoms. The van der Waals surface area contributed by atoms with Gasteiger partial charge in [0.25, 0.3) is 11.8 Å². The van der Waals surface area contributed by atoms with Crippen LogP contribution in [0.25, 0.3) is 0 Å². The Bertz CT molecular complexity index is 814. The van der Waals surface area contributed by atoms with Crippen LogP contribution in [0, 0.1) is 5.82 Å². The highest BCUT2D eigenvalue weighted by atomic mass is 35.5. The average molecular weight is 320 g/mol. The van der Waals surface area contributed by atoms with Crippen LogP contribution in [-0.4, -0.2) is 22.9 Å². The lowest BCUT2D eigenvalue weighted by Gasteiger charge is -2.16. The van der Waals surface area contributed by atoms with Crippen molar-refractivity contribution in [2.45, 2.75) is 0 Å². The monoisotopic (exact) mass is 319 g/mol.